The van der Waals surface area contributed by atoms with Crippen LogP contribution in [0.4, 0.5) is 0 Å². The fourth-order valence-electron chi connectivity index (χ4n) is 1.30. The lowest BCUT2D eigenvalue weighted by Crippen LogP contribution is -2.02. The molecule has 0 N–H and O–H groups in total. The van der Waals surface area contributed by atoms with Crippen LogP contribution in [-0.2, 0) is 0 Å². The fourth-order valence-corrected chi connectivity index (χ4v) is 1.65. The largest absolute Gasteiger partial charge is 0.242 e. The zero-order chi connectivity index (χ0) is 9.42. The first-order chi connectivity index (χ1) is 6.18. The Kier molecular flexibility index (Phi) is 2.07. The second-order valence-corrected chi connectivity index (χ2v) is 4.18. The van der Waals surface area contributed by atoms with Crippen LogP contribution < -0.4 is 0 Å². The molecule has 2 rings (SSSR count). The molecule has 0 saturated heterocycles. The molecule has 1 aromatic heterocycles. The van der Waals surface area contributed by atoms with Crippen LogP contribution in [0, 0.1) is 0 Å². The van der Waals surface area contributed by atoms with Crippen LogP contribution in [0.3, 0.4) is 0 Å². The van der Waals surface area contributed by atoms with Crippen LogP contribution in [0.2, 0.25) is 0 Å². The van der Waals surface area contributed by atoms with Gasteiger partial charge in [0.25, 0.3) is 0 Å². The molecule has 0 saturated carbocycles. The topological polar surface area (TPSA) is 30.7 Å². The lowest BCUT2D eigenvalue weighted by molar-refractivity contribution is 0.530. The van der Waals surface area contributed by atoms with E-state index in [9.17, 15) is 0 Å². The summed E-state index contributed by atoms with van der Waals surface area (Å²) in [5.41, 5.74) is 2.02. The zero-order valence-electron chi connectivity index (χ0n) is 7.53. The maximum atomic E-state index is 4.08. The minimum Gasteiger partial charge on any atom is -0.242 e. The van der Waals surface area contributed by atoms with Crippen LogP contribution in [0.25, 0.3) is 11.0 Å². The van der Waals surface area contributed by atoms with Crippen molar-refractivity contribution in [2.45, 2.75) is 19.9 Å². The highest BCUT2D eigenvalue weighted by atomic mass is 79.9. The Morgan fingerprint density at radius 2 is 2.15 bits per heavy atom. The highest BCUT2D eigenvalue weighted by Crippen LogP contribution is 2.19. The van der Waals surface area contributed by atoms with Gasteiger partial charge >= 0.3 is 0 Å². The van der Waals surface area contributed by atoms with Crippen molar-refractivity contribution in [3.05, 3.63) is 22.7 Å². The van der Waals surface area contributed by atoms with Gasteiger partial charge in [-0.2, -0.15) is 0 Å². The van der Waals surface area contributed by atoms with E-state index in [1.54, 1.807) is 0 Å². The van der Waals surface area contributed by atoms with E-state index in [4.69, 9.17) is 0 Å². The van der Waals surface area contributed by atoms with Crippen molar-refractivity contribution in [1.29, 1.82) is 0 Å². The summed E-state index contributed by atoms with van der Waals surface area (Å²) in [5.74, 6) is 0. The van der Waals surface area contributed by atoms with Crippen molar-refractivity contribution in [3.63, 3.8) is 0 Å². The smallest absolute Gasteiger partial charge is 0.114 e. The summed E-state index contributed by atoms with van der Waals surface area (Å²) in [6.07, 6.45) is 0. The molecule has 0 aliphatic rings. The van der Waals surface area contributed by atoms with Gasteiger partial charge in [-0.3, -0.25) is 0 Å². The van der Waals surface area contributed by atoms with Crippen LogP contribution in [0.1, 0.15) is 19.9 Å². The molecule has 0 fully saturated rings. The molecular formula is C9H10BrN3. The van der Waals surface area contributed by atoms with Gasteiger partial charge in [0.05, 0.1) is 5.52 Å². The van der Waals surface area contributed by atoms with Gasteiger partial charge in [0.2, 0.25) is 0 Å². The van der Waals surface area contributed by atoms with Gasteiger partial charge in [0, 0.05) is 10.5 Å². The number of fused-ring (bicyclic) bond motifs is 1. The molecule has 0 atom stereocenters. The van der Waals surface area contributed by atoms with Crippen molar-refractivity contribution in [2.75, 3.05) is 0 Å². The van der Waals surface area contributed by atoms with Gasteiger partial charge in [-0.25, -0.2) is 4.68 Å². The molecule has 0 bridgehead atoms. The molecule has 4 heteroatoms. The molecule has 0 radical (unpaired) electrons. The highest BCUT2D eigenvalue weighted by Gasteiger charge is 2.06. The number of hydrogen-bond acceptors (Lipinski definition) is 2. The number of nitrogens with zero attached hydrogens (tertiary/aromatic N) is 3. The molecule has 0 spiro atoms. The maximum absolute atomic E-state index is 4.08. The Labute approximate surface area is 84.9 Å². The Bertz CT molecular complexity index is 433. The van der Waals surface area contributed by atoms with Crippen molar-refractivity contribution in [2.24, 2.45) is 0 Å². The van der Waals surface area contributed by atoms with Crippen molar-refractivity contribution in [1.82, 2.24) is 15.0 Å². The molecule has 0 aliphatic heterocycles. The summed E-state index contributed by atoms with van der Waals surface area (Å²) in [7, 11) is 0. The third-order valence-corrected chi connectivity index (χ3v) is 2.42. The van der Waals surface area contributed by atoms with E-state index in [1.807, 2.05) is 22.9 Å². The average Bonchev–Trinajstić information content (AvgIpc) is 2.46. The lowest BCUT2D eigenvalue weighted by atomic mass is 10.3. The number of halogens is 1. The molecular weight excluding hydrogens is 230 g/mol. The van der Waals surface area contributed by atoms with Gasteiger partial charge < -0.3 is 0 Å². The van der Waals surface area contributed by atoms with Gasteiger partial charge in [0.1, 0.15) is 5.52 Å². The van der Waals surface area contributed by atoms with Gasteiger partial charge in [-0.15, -0.1) is 5.10 Å². The van der Waals surface area contributed by atoms with E-state index in [1.165, 1.54) is 0 Å². The first-order valence-corrected chi connectivity index (χ1v) is 4.98. The Morgan fingerprint density at radius 3 is 2.85 bits per heavy atom. The van der Waals surface area contributed by atoms with Crippen LogP contribution >= 0.6 is 15.9 Å². The van der Waals surface area contributed by atoms with E-state index in [0.29, 0.717) is 6.04 Å². The van der Waals surface area contributed by atoms with E-state index in [2.05, 4.69) is 40.1 Å². The second-order valence-electron chi connectivity index (χ2n) is 3.26. The minimum atomic E-state index is 0.353. The first kappa shape index (κ1) is 8.69. The lowest BCUT2D eigenvalue weighted by Gasteiger charge is -2.04. The molecule has 13 heavy (non-hydrogen) atoms. The Morgan fingerprint density at radius 1 is 1.38 bits per heavy atom. The average molecular weight is 240 g/mol. The predicted octanol–water partition coefficient (Wildman–Crippen LogP) is 2.77. The van der Waals surface area contributed by atoms with Gasteiger partial charge in [-0.05, 0) is 32.0 Å². The van der Waals surface area contributed by atoms with E-state index in [-0.39, 0.29) is 0 Å². The quantitative estimate of drug-likeness (QED) is 0.767. The molecule has 1 aromatic carbocycles. The minimum absolute atomic E-state index is 0.353. The summed E-state index contributed by atoms with van der Waals surface area (Å²) in [6, 6.07) is 6.36. The number of aromatic nitrogens is 3. The normalized spacial score (nSPS) is 11.4. The number of rotatable bonds is 1. The molecule has 0 amide bonds. The first-order valence-electron chi connectivity index (χ1n) is 4.19. The van der Waals surface area contributed by atoms with Gasteiger partial charge in [-0.1, -0.05) is 21.1 Å². The van der Waals surface area contributed by atoms with Crippen LogP contribution in [-0.4, -0.2) is 15.0 Å². The second kappa shape index (κ2) is 3.10. The maximum Gasteiger partial charge on any atom is 0.114 e. The van der Waals surface area contributed by atoms with Gasteiger partial charge in [0.15, 0.2) is 0 Å². The zero-order valence-corrected chi connectivity index (χ0v) is 9.12. The molecule has 0 aliphatic carbocycles. The SMILES string of the molecule is CC(C)n1nnc2cc(Br)ccc21. The molecule has 1 heterocycles. The van der Waals surface area contributed by atoms with Crippen molar-refractivity contribution >= 4 is 27.0 Å². The van der Waals surface area contributed by atoms with Crippen LogP contribution in [0.15, 0.2) is 22.7 Å². The van der Waals surface area contributed by atoms with E-state index in [0.717, 1.165) is 15.5 Å². The van der Waals surface area contributed by atoms with Crippen molar-refractivity contribution < 1.29 is 0 Å². The summed E-state index contributed by atoms with van der Waals surface area (Å²) in [5, 5.41) is 8.17. The summed E-state index contributed by atoms with van der Waals surface area (Å²) >= 11 is 3.40. The fraction of sp³-hybridized carbons (Fsp3) is 0.333. The van der Waals surface area contributed by atoms with Crippen LogP contribution in [0.5, 0.6) is 0 Å². The summed E-state index contributed by atoms with van der Waals surface area (Å²) in [6.45, 7) is 4.19. The standard InChI is InChI=1S/C9H10BrN3/c1-6(2)13-9-4-3-7(10)5-8(9)11-12-13/h3-6H,1-2H3. The molecule has 2 aromatic rings. The molecule has 3 nitrogen and oxygen atoms in total. The monoisotopic (exact) mass is 239 g/mol. The summed E-state index contributed by atoms with van der Waals surface area (Å²) < 4.78 is 2.96. The van der Waals surface area contributed by atoms with E-state index >= 15 is 0 Å². The van der Waals surface area contributed by atoms with E-state index < -0.39 is 0 Å². The third kappa shape index (κ3) is 1.46. The third-order valence-electron chi connectivity index (χ3n) is 1.92. The molecule has 68 valence electrons. The number of benzene rings is 1. The Hall–Kier alpha value is -0.900. The predicted molar refractivity (Wildman–Crippen MR) is 55.6 cm³/mol. The molecule has 0 unspecified atom stereocenters. The highest BCUT2D eigenvalue weighted by molar-refractivity contribution is 9.10. The Balaban J connectivity index is 2.69. The summed E-state index contributed by atoms with van der Waals surface area (Å²) in [4.78, 5) is 0. The number of hydrogen-bond donors (Lipinski definition) is 0. The van der Waals surface area contributed by atoms with Crippen molar-refractivity contribution in [3.8, 4) is 0 Å².